The molecule has 0 aromatic carbocycles. The third kappa shape index (κ3) is 72.6. The molecule has 100 heavy (non-hydrogen) atoms. The lowest BCUT2D eigenvalue weighted by Gasteiger charge is -2.21. The predicted octanol–water partition coefficient (Wildman–Crippen LogP) is 23.0. The second-order valence-corrected chi connectivity index (χ2v) is 29.5. The molecule has 580 valence electrons. The van der Waals surface area contributed by atoms with E-state index in [9.17, 15) is 43.2 Å². The van der Waals surface area contributed by atoms with Crippen LogP contribution in [0.5, 0.6) is 0 Å². The maximum Gasteiger partial charge on any atom is 0.472 e. The first-order valence-corrected chi connectivity index (χ1v) is 42.8. The zero-order valence-corrected chi connectivity index (χ0v) is 65.2. The number of carbonyl (C=O) groups excluding carboxylic acids is 4. The zero-order chi connectivity index (χ0) is 73.2. The van der Waals surface area contributed by atoms with Crippen LogP contribution >= 0.6 is 15.6 Å². The minimum atomic E-state index is -4.99. The smallest absolute Gasteiger partial charge is 0.462 e. The third-order valence-electron chi connectivity index (χ3n) is 16.9. The quantitative estimate of drug-likeness (QED) is 0.0169. The fourth-order valence-electron chi connectivity index (χ4n) is 10.8. The van der Waals surface area contributed by atoms with Crippen LogP contribution in [-0.2, 0) is 65.4 Å². The third-order valence-corrected chi connectivity index (χ3v) is 18.8. The van der Waals surface area contributed by atoms with Crippen LogP contribution in [0.15, 0.2) is 85.1 Å². The minimum Gasteiger partial charge on any atom is -0.462 e. The molecule has 0 radical (unpaired) electrons. The molecule has 5 atom stereocenters. The highest BCUT2D eigenvalue weighted by Crippen LogP contribution is 2.45. The lowest BCUT2D eigenvalue weighted by molar-refractivity contribution is -0.161. The fourth-order valence-corrected chi connectivity index (χ4v) is 12.4. The van der Waals surface area contributed by atoms with E-state index in [4.69, 9.17) is 37.0 Å². The summed E-state index contributed by atoms with van der Waals surface area (Å²) in [5.41, 5.74) is 0. The highest BCUT2D eigenvalue weighted by Gasteiger charge is 2.30. The van der Waals surface area contributed by atoms with Gasteiger partial charge in [0, 0.05) is 25.7 Å². The molecule has 0 aromatic rings. The molecule has 0 amide bonds. The van der Waals surface area contributed by atoms with E-state index in [1.165, 1.54) is 128 Å². The number of aliphatic hydroxyl groups excluding tert-OH is 1. The molecule has 19 heteroatoms. The van der Waals surface area contributed by atoms with Crippen LogP contribution < -0.4 is 0 Å². The summed E-state index contributed by atoms with van der Waals surface area (Å²) in [6, 6.07) is 0. The molecule has 0 aliphatic carbocycles. The molecule has 0 bridgehead atoms. The van der Waals surface area contributed by atoms with Crippen LogP contribution in [0.2, 0.25) is 0 Å². The molecule has 3 N–H and O–H groups in total. The van der Waals surface area contributed by atoms with Crippen molar-refractivity contribution in [1.29, 1.82) is 0 Å². The summed E-state index contributed by atoms with van der Waals surface area (Å²) in [6.45, 7) is 4.72. The van der Waals surface area contributed by atoms with E-state index in [-0.39, 0.29) is 25.7 Å². The summed E-state index contributed by atoms with van der Waals surface area (Å²) < 4.78 is 68.5. The predicted molar refractivity (Wildman–Crippen MR) is 409 cm³/mol. The van der Waals surface area contributed by atoms with Gasteiger partial charge in [-0.25, -0.2) is 9.13 Å². The van der Waals surface area contributed by atoms with Crippen LogP contribution in [0.1, 0.15) is 349 Å². The van der Waals surface area contributed by atoms with Crippen molar-refractivity contribution in [3.63, 3.8) is 0 Å². The van der Waals surface area contributed by atoms with Gasteiger partial charge in [0.25, 0.3) is 0 Å². The Bertz CT molecular complexity index is 2230. The molecule has 0 saturated carbocycles. The number of aliphatic hydroxyl groups is 1. The molecule has 0 spiro atoms. The Morgan fingerprint density at radius 3 is 0.840 bits per heavy atom. The molecule has 0 aliphatic rings. The summed E-state index contributed by atoms with van der Waals surface area (Å²) in [5, 5.41) is 10.6. The van der Waals surface area contributed by atoms with E-state index in [1.807, 2.05) is 0 Å². The summed E-state index contributed by atoms with van der Waals surface area (Å²) in [6.07, 6.45) is 75.7. The van der Waals surface area contributed by atoms with Crippen molar-refractivity contribution in [3.05, 3.63) is 85.1 Å². The first-order valence-electron chi connectivity index (χ1n) is 39.8. The SMILES string of the molecule is CC/C=C\C/C=C\C/C=C\C/C=C\CCCCC(=O)OC(COC(=O)CCCCCCCC/C=C\C/C=C\C/C=C\CCCCC)COP(=O)(O)OCC(O)COP(=O)(O)OCC(COC(=O)CCCCCCCCCCCCCCCCC)OC(=O)CCCCCCCCCCCCC. The maximum absolute atomic E-state index is 13.1. The van der Waals surface area contributed by atoms with E-state index < -0.39 is 97.5 Å². The Labute approximate surface area is 608 Å². The summed E-state index contributed by atoms with van der Waals surface area (Å²) >= 11 is 0. The van der Waals surface area contributed by atoms with E-state index >= 15 is 0 Å². The Hall–Kier alpha value is -3.76. The molecule has 0 fully saturated rings. The number of allylic oxidation sites excluding steroid dienone is 14. The monoisotopic (exact) mass is 1450 g/mol. The van der Waals surface area contributed by atoms with Crippen molar-refractivity contribution in [2.45, 2.75) is 367 Å². The largest absolute Gasteiger partial charge is 0.472 e. The van der Waals surface area contributed by atoms with Crippen molar-refractivity contribution in [3.8, 4) is 0 Å². The van der Waals surface area contributed by atoms with Gasteiger partial charge < -0.3 is 33.8 Å². The highest BCUT2D eigenvalue weighted by atomic mass is 31.2. The Morgan fingerprint density at radius 1 is 0.290 bits per heavy atom. The topological polar surface area (TPSA) is 237 Å². The summed E-state index contributed by atoms with van der Waals surface area (Å²) in [4.78, 5) is 72.9. The molecule has 0 aromatic heterocycles. The maximum atomic E-state index is 13.1. The van der Waals surface area contributed by atoms with E-state index in [0.717, 1.165) is 135 Å². The number of esters is 4. The van der Waals surface area contributed by atoms with Crippen LogP contribution in [0.3, 0.4) is 0 Å². The standard InChI is InChI=1S/C81H144O17P2/c1-5-9-13-17-21-25-29-32-35-36-37-38-41-43-47-50-54-58-62-66-79(84)92-72-77(98-81(86)68-64-60-56-52-48-44-40-34-31-27-23-19-15-11-7-3)74-96-100(89,90)94-70-75(82)69-93-99(87,88)95-73-76(97-80(85)67-63-59-55-51-45-28-24-20-16-12-8-4)71-91-78(83)65-61-57-53-49-46-42-39-33-30-26-22-18-14-10-6-2/h11,15,21,23,25,27,32,34-35,37-38,40,48,52,75-77,82H,5-10,12-14,16-20,22,24,26,28-31,33,36,39,41-47,49-51,53-74H2,1-4H3,(H,87,88)(H,89,90)/b15-11-,25-21-,27-23-,35-32-,38-37-,40-34-,52-48-. The average molecular weight is 1450 g/mol. The second kappa shape index (κ2) is 73.5. The van der Waals surface area contributed by atoms with Crippen LogP contribution in [0.4, 0.5) is 0 Å². The normalized spacial score (nSPS) is 14.3. The number of phosphoric ester groups is 2. The molecule has 0 rings (SSSR count). The molecule has 0 aliphatic heterocycles. The van der Waals surface area contributed by atoms with Crippen molar-refractivity contribution >= 4 is 39.5 Å². The minimum absolute atomic E-state index is 0.0409. The lowest BCUT2D eigenvalue weighted by atomic mass is 10.0. The van der Waals surface area contributed by atoms with E-state index in [2.05, 4.69) is 113 Å². The Morgan fingerprint density at radius 2 is 0.520 bits per heavy atom. The average Bonchev–Trinajstić information content (AvgIpc) is 0.926. The van der Waals surface area contributed by atoms with Gasteiger partial charge in [-0.15, -0.1) is 0 Å². The van der Waals surface area contributed by atoms with Crippen molar-refractivity contribution in [2.24, 2.45) is 0 Å². The number of phosphoric acid groups is 2. The molecular formula is C81H144O17P2. The molecule has 5 unspecified atom stereocenters. The summed E-state index contributed by atoms with van der Waals surface area (Å²) in [5.74, 6) is -2.21. The number of rotatable bonds is 75. The number of hydrogen-bond donors (Lipinski definition) is 3. The van der Waals surface area contributed by atoms with E-state index in [0.29, 0.717) is 32.1 Å². The first kappa shape index (κ1) is 96.2. The second-order valence-electron chi connectivity index (χ2n) is 26.6. The van der Waals surface area contributed by atoms with E-state index in [1.54, 1.807) is 0 Å². The van der Waals surface area contributed by atoms with Gasteiger partial charge >= 0.3 is 39.5 Å². The number of carbonyl (C=O) groups is 4. The van der Waals surface area contributed by atoms with Crippen LogP contribution in [-0.4, -0.2) is 96.7 Å². The Kier molecular flexibility index (Phi) is 70.8. The molecule has 0 saturated heterocycles. The zero-order valence-electron chi connectivity index (χ0n) is 63.4. The molecule has 0 heterocycles. The summed E-state index contributed by atoms with van der Waals surface area (Å²) in [7, 11) is -9.96. The van der Waals surface area contributed by atoms with Crippen molar-refractivity contribution < 1.29 is 80.2 Å². The van der Waals surface area contributed by atoms with Crippen LogP contribution in [0, 0.1) is 0 Å². The molecule has 17 nitrogen and oxygen atoms in total. The van der Waals surface area contributed by atoms with Gasteiger partial charge in [0.2, 0.25) is 0 Å². The van der Waals surface area contributed by atoms with Gasteiger partial charge in [-0.2, -0.15) is 0 Å². The van der Waals surface area contributed by atoms with Gasteiger partial charge in [-0.1, -0.05) is 305 Å². The number of hydrogen-bond acceptors (Lipinski definition) is 15. The van der Waals surface area contributed by atoms with Crippen LogP contribution in [0.25, 0.3) is 0 Å². The highest BCUT2D eigenvalue weighted by molar-refractivity contribution is 7.47. The van der Waals surface area contributed by atoms with Gasteiger partial charge in [0.15, 0.2) is 12.2 Å². The van der Waals surface area contributed by atoms with Gasteiger partial charge in [-0.3, -0.25) is 37.3 Å². The molecular weight excluding hydrogens is 1310 g/mol. The van der Waals surface area contributed by atoms with Gasteiger partial charge in [0.05, 0.1) is 26.4 Å². The van der Waals surface area contributed by atoms with Crippen molar-refractivity contribution in [2.75, 3.05) is 39.6 Å². The van der Waals surface area contributed by atoms with Gasteiger partial charge in [0.1, 0.15) is 19.3 Å². The fraction of sp³-hybridized carbons (Fsp3) is 0.778. The first-order chi connectivity index (χ1) is 48.7. The lowest BCUT2D eigenvalue weighted by Crippen LogP contribution is -2.30. The van der Waals surface area contributed by atoms with Crippen molar-refractivity contribution in [1.82, 2.24) is 0 Å². The number of unbranched alkanes of at least 4 members (excludes halogenated alkanes) is 35. The van der Waals surface area contributed by atoms with Gasteiger partial charge in [-0.05, 0) is 103 Å². The Balaban J connectivity index is 5.34. The number of ether oxygens (including phenoxy) is 4.